The molecule has 0 spiro atoms. The topological polar surface area (TPSA) is 48.8 Å². The average Bonchev–Trinajstić information content (AvgIpc) is 2.98. The van der Waals surface area contributed by atoms with Crippen LogP contribution in [0.1, 0.15) is 12.5 Å². The number of nitrogens with zero attached hydrogens (tertiary/aromatic N) is 3. The molecule has 2 N–H and O–H groups in total. The van der Waals surface area contributed by atoms with E-state index < -0.39 is 0 Å². The fraction of sp³-hybridized carbons (Fsp3) is 0.214. The molecule has 2 aromatic heterocycles. The van der Waals surface area contributed by atoms with E-state index in [1.807, 2.05) is 23.0 Å². The third-order valence-corrected chi connectivity index (χ3v) is 3.21. The van der Waals surface area contributed by atoms with Crippen LogP contribution < -0.4 is 5.73 Å². The van der Waals surface area contributed by atoms with Gasteiger partial charge in [0.2, 0.25) is 0 Å². The lowest BCUT2D eigenvalue weighted by molar-refractivity contribution is 0.658. The molecule has 4 heteroatoms. The maximum Gasteiger partial charge on any atom is 0.0539 e. The first kappa shape index (κ1) is 10.9. The van der Waals surface area contributed by atoms with E-state index >= 15 is 0 Å². The van der Waals surface area contributed by atoms with Crippen LogP contribution in [0.3, 0.4) is 0 Å². The summed E-state index contributed by atoms with van der Waals surface area (Å²) in [5, 5.41) is 5.40. The van der Waals surface area contributed by atoms with Crippen LogP contribution in [0.5, 0.6) is 0 Å². The van der Waals surface area contributed by atoms with Crippen LogP contribution in [0.15, 0.2) is 42.9 Å². The van der Waals surface area contributed by atoms with Gasteiger partial charge in [0, 0.05) is 35.6 Å². The Bertz CT molecular complexity index is 678. The van der Waals surface area contributed by atoms with Crippen LogP contribution >= 0.6 is 0 Å². The van der Waals surface area contributed by atoms with Gasteiger partial charge in [-0.25, -0.2) is 0 Å². The molecule has 0 bridgehead atoms. The van der Waals surface area contributed by atoms with Gasteiger partial charge in [-0.15, -0.1) is 0 Å². The minimum absolute atomic E-state index is 0.826. The smallest absolute Gasteiger partial charge is 0.0539 e. The predicted molar refractivity (Wildman–Crippen MR) is 73.4 cm³/mol. The SMILES string of the molecule is CCn1cc(Cn2ccc3c(N)cccc32)cn1. The highest BCUT2D eigenvalue weighted by atomic mass is 15.3. The van der Waals surface area contributed by atoms with Crippen molar-refractivity contribution in [2.75, 3.05) is 5.73 Å². The first-order valence-corrected chi connectivity index (χ1v) is 6.12. The van der Waals surface area contributed by atoms with E-state index in [0.717, 1.165) is 24.2 Å². The largest absolute Gasteiger partial charge is 0.398 e. The summed E-state index contributed by atoms with van der Waals surface area (Å²) in [6, 6.07) is 8.08. The van der Waals surface area contributed by atoms with E-state index in [4.69, 9.17) is 5.73 Å². The van der Waals surface area contributed by atoms with Crippen LogP contribution in [-0.4, -0.2) is 14.3 Å². The van der Waals surface area contributed by atoms with Crippen molar-refractivity contribution in [1.29, 1.82) is 0 Å². The number of anilines is 1. The highest BCUT2D eigenvalue weighted by Crippen LogP contribution is 2.22. The monoisotopic (exact) mass is 240 g/mol. The molecule has 92 valence electrons. The van der Waals surface area contributed by atoms with Crippen LogP contribution in [-0.2, 0) is 13.1 Å². The van der Waals surface area contributed by atoms with Crippen molar-refractivity contribution >= 4 is 16.6 Å². The minimum Gasteiger partial charge on any atom is -0.398 e. The van der Waals surface area contributed by atoms with Crippen molar-refractivity contribution in [3.05, 3.63) is 48.4 Å². The summed E-state index contributed by atoms with van der Waals surface area (Å²) < 4.78 is 4.14. The second-order valence-corrected chi connectivity index (χ2v) is 4.43. The van der Waals surface area contributed by atoms with Crippen molar-refractivity contribution < 1.29 is 0 Å². The molecule has 0 fully saturated rings. The molecule has 4 nitrogen and oxygen atoms in total. The maximum absolute atomic E-state index is 5.96. The summed E-state index contributed by atoms with van der Waals surface area (Å²) >= 11 is 0. The normalized spacial score (nSPS) is 11.2. The van der Waals surface area contributed by atoms with Gasteiger partial charge in [-0.05, 0) is 25.1 Å². The molecule has 0 saturated heterocycles. The second kappa shape index (κ2) is 4.22. The van der Waals surface area contributed by atoms with E-state index in [-0.39, 0.29) is 0 Å². The lowest BCUT2D eigenvalue weighted by Gasteiger charge is -2.04. The Hall–Kier alpha value is -2.23. The third kappa shape index (κ3) is 1.76. The average molecular weight is 240 g/mol. The predicted octanol–water partition coefficient (Wildman–Crippen LogP) is 2.49. The highest BCUT2D eigenvalue weighted by molar-refractivity contribution is 5.91. The number of hydrogen-bond acceptors (Lipinski definition) is 2. The van der Waals surface area contributed by atoms with Gasteiger partial charge in [0.25, 0.3) is 0 Å². The van der Waals surface area contributed by atoms with E-state index in [1.165, 1.54) is 11.1 Å². The Kier molecular flexibility index (Phi) is 2.55. The maximum atomic E-state index is 5.96. The molecule has 0 aliphatic heterocycles. The lowest BCUT2D eigenvalue weighted by atomic mass is 10.2. The minimum atomic E-state index is 0.826. The zero-order valence-electron chi connectivity index (χ0n) is 10.4. The number of hydrogen-bond donors (Lipinski definition) is 1. The van der Waals surface area contributed by atoms with Gasteiger partial charge >= 0.3 is 0 Å². The number of nitrogen functional groups attached to an aromatic ring is 1. The molecule has 0 aliphatic rings. The fourth-order valence-corrected chi connectivity index (χ4v) is 2.24. The van der Waals surface area contributed by atoms with Gasteiger partial charge in [-0.2, -0.15) is 5.10 Å². The Morgan fingerprint density at radius 2 is 2.17 bits per heavy atom. The molecular formula is C14H16N4. The molecule has 0 amide bonds. The summed E-state index contributed by atoms with van der Waals surface area (Å²) in [5.74, 6) is 0. The molecule has 0 aliphatic carbocycles. The van der Waals surface area contributed by atoms with Crippen molar-refractivity contribution in [2.24, 2.45) is 0 Å². The third-order valence-electron chi connectivity index (χ3n) is 3.21. The number of benzene rings is 1. The van der Waals surface area contributed by atoms with Gasteiger partial charge in [0.15, 0.2) is 0 Å². The molecular weight excluding hydrogens is 224 g/mol. The first-order valence-electron chi connectivity index (χ1n) is 6.12. The molecule has 0 unspecified atom stereocenters. The van der Waals surface area contributed by atoms with Gasteiger partial charge in [0.1, 0.15) is 0 Å². The van der Waals surface area contributed by atoms with Crippen LogP contribution in [0.2, 0.25) is 0 Å². The zero-order valence-corrected chi connectivity index (χ0v) is 10.4. The lowest BCUT2D eigenvalue weighted by Crippen LogP contribution is -1.97. The number of rotatable bonds is 3. The molecule has 0 radical (unpaired) electrons. The molecule has 2 heterocycles. The van der Waals surface area contributed by atoms with Gasteiger partial charge in [0.05, 0.1) is 18.3 Å². The summed E-state index contributed by atoms with van der Waals surface area (Å²) in [5.41, 5.74) is 9.16. The summed E-state index contributed by atoms with van der Waals surface area (Å²) in [4.78, 5) is 0. The number of nitrogens with two attached hydrogens (primary N) is 1. The number of fused-ring (bicyclic) bond motifs is 1. The summed E-state index contributed by atoms with van der Waals surface area (Å²) in [7, 11) is 0. The molecule has 1 aromatic carbocycles. The molecule has 3 aromatic rings. The molecule has 0 saturated carbocycles. The highest BCUT2D eigenvalue weighted by Gasteiger charge is 2.05. The Morgan fingerprint density at radius 3 is 2.94 bits per heavy atom. The molecule has 18 heavy (non-hydrogen) atoms. The second-order valence-electron chi connectivity index (χ2n) is 4.43. The first-order chi connectivity index (χ1) is 8.78. The Balaban J connectivity index is 1.97. The van der Waals surface area contributed by atoms with Gasteiger partial charge in [-0.1, -0.05) is 6.07 Å². The van der Waals surface area contributed by atoms with Crippen molar-refractivity contribution in [3.8, 4) is 0 Å². The Morgan fingerprint density at radius 1 is 1.28 bits per heavy atom. The van der Waals surface area contributed by atoms with Crippen LogP contribution in [0.4, 0.5) is 5.69 Å². The van der Waals surface area contributed by atoms with Crippen LogP contribution in [0, 0.1) is 0 Å². The van der Waals surface area contributed by atoms with Crippen molar-refractivity contribution in [1.82, 2.24) is 14.3 Å². The molecule has 0 atom stereocenters. The van der Waals surface area contributed by atoms with Crippen LogP contribution in [0.25, 0.3) is 10.9 Å². The Labute approximate surface area is 106 Å². The summed E-state index contributed by atoms with van der Waals surface area (Å²) in [6.07, 6.45) is 6.07. The zero-order chi connectivity index (χ0) is 12.5. The van der Waals surface area contributed by atoms with E-state index in [9.17, 15) is 0 Å². The standard InChI is InChI=1S/C14H16N4/c1-2-18-10-11(8-16-18)9-17-7-6-12-13(15)4-3-5-14(12)17/h3-8,10H,2,9,15H2,1H3. The van der Waals surface area contributed by atoms with E-state index in [0.29, 0.717) is 0 Å². The van der Waals surface area contributed by atoms with Crippen molar-refractivity contribution in [3.63, 3.8) is 0 Å². The number of aromatic nitrogens is 3. The fourth-order valence-electron chi connectivity index (χ4n) is 2.24. The molecule has 3 rings (SSSR count). The number of aryl methyl sites for hydroxylation is 1. The van der Waals surface area contributed by atoms with Gasteiger partial charge < -0.3 is 10.3 Å². The van der Waals surface area contributed by atoms with Crippen molar-refractivity contribution in [2.45, 2.75) is 20.0 Å². The quantitative estimate of drug-likeness (QED) is 0.715. The summed E-state index contributed by atoms with van der Waals surface area (Å²) in [6.45, 7) is 3.81. The van der Waals surface area contributed by atoms with Gasteiger partial charge in [-0.3, -0.25) is 4.68 Å². The van der Waals surface area contributed by atoms with E-state index in [1.54, 1.807) is 0 Å². The van der Waals surface area contributed by atoms with E-state index in [2.05, 4.69) is 41.1 Å².